The minimum absolute atomic E-state index is 0.0265. The Labute approximate surface area is 192 Å². The lowest BCUT2D eigenvalue weighted by Crippen LogP contribution is -2.29. The molecule has 0 spiro atoms. The topological polar surface area (TPSA) is 106 Å². The molecule has 178 valence electrons. The average molecular weight is 493 g/mol. The van der Waals surface area contributed by atoms with Crippen LogP contribution in [0.15, 0.2) is 71.6 Å². The van der Waals surface area contributed by atoms with Crippen molar-refractivity contribution in [2.45, 2.75) is 11.1 Å². The Morgan fingerprint density at radius 3 is 2.32 bits per heavy atom. The van der Waals surface area contributed by atoms with Crippen LogP contribution in [0, 0.1) is 0 Å². The van der Waals surface area contributed by atoms with E-state index in [0.29, 0.717) is 24.7 Å². The highest BCUT2D eigenvalue weighted by Gasteiger charge is 2.30. The molecule has 0 saturated carbocycles. The Morgan fingerprint density at radius 2 is 1.56 bits per heavy atom. The molecule has 0 unspecified atom stereocenters. The predicted molar refractivity (Wildman–Crippen MR) is 117 cm³/mol. The molecule has 8 nitrogen and oxygen atoms in total. The van der Waals surface area contributed by atoms with E-state index in [1.165, 1.54) is 54.6 Å². The molecule has 0 radical (unpaired) electrons. The van der Waals surface area contributed by atoms with E-state index in [2.05, 4.69) is 15.6 Å². The molecule has 0 atom stereocenters. The number of hydrogen-bond acceptors (Lipinski definition) is 6. The Hall–Kier alpha value is -3.93. The second-order valence-corrected chi connectivity index (χ2v) is 8.83. The van der Waals surface area contributed by atoms with Crippen LogP contribution in [-0.2, 0) is 16.2 Å². The van der Waals surface area contributed by atoms with Crippen LogP contribution in [0.4, 0.5) is 24.5 Å². The molecule has 1 aliphatic heterocycles. The summed E-state index contributed by atoms with van der Waals surface area (Å²) in [6.07, 6.45) is -4.52. The number of ether oxygens (including phenoxy) is 2. The second-order valence-electron chi connectivity index (χ2n) is 7.15. The van der Waals surface area contributed by atoms with Gasteiger partial charge in [0.1, 0.15) is 13.2 Å². The van der Waals surface area contributed by atoms with Gasteiger partial charge in [-0.2, -0.15) is 13.2 Å². The Kier molecular flexibility index (Phi) is 6.24. The summed E-state index contributed by atoms with van der Waals surface area (Å²) >= 11 is 0. The van der Waals surface area contributed by atoms with Gasteiger partial charge >= 0.3 is 6.18 Å². The van der Waals surface area contributed by atoms with Gasteiger partial charge in [-0.15, -0.1) is 0 Å². The monoisotopic (exact) mass is 493 g/mol. The van der Waals surface area contributed by atoms with Crippen LogP contribution >= 0.6 is 0 Å². The summed E-state index contributed by atoms with van der Waals surface area (Å²) in [5.41, 5.74) is 4.04. The van der Waals surface area contributed by atoms with Gasteiger partial charge in [-0.1, -0.05) is 12.1 Å². The van der Waals surface area contributed by atoms with Crippen molar-refractivity contribution in [1.82, 2.24) is 5.43 Å². The number of halogens is 3. The van der Waals surface area contributed by atoms with Crippen LogP contribution in [0.1, 0.15) is 15.9 Å². The van der Waals surface area contributed by atoms with Crippen LogP contribution < -0.4 is 25.0 Å². The first-order valence-corrected chi connectivity index (χ1v) is 11.4. The van der Waals surface area contributed by atoms with Crippen LogP contribution in [-0.4, -0.2) is 27.5 Å². The Bertz CT molecular complexity index is 1330. The smallest absolute Gasteiger partial charge is 0.416 e. The van der Waals surface area contributed by atoms with E-state index in [9.17, 15) is 26.4 Å². The minimum atomic E-state index is -4.52. The first-order valence-electron chi connectivity index (χ1n) is 9.88. The Balaban J connectivity index is 1.45. The first-order chi connectivity index (χ1) is 16.1. The number of fused-ring (bicyclic) bond motifs is 1. The van der Waals surface area contributed by atoms with Crippen molar-refractivity contribution in [3.8, 4) is 11.5 Å². The molecule has 1 aliphatic rings. The van der Waals surface area contributed by atoms with Crippen molar-refractivity contribution in [2.75, 3.05) is 23.4 Å². The molecule has 3 aromatic carbocycles. The largest absolute Gasteiger partial charge is 0.486 e. The third-order valence-corrected chi connectivity index (χ3v) is 6.09. The third-order valence-electron chi connectivity index (χ3n) is 4.71. The Morgan fingerprint density at radius 1 is 0.853 bits per heavy atom. The SMILES string of the molecule is O=C(NNc1cccc(C(F)(F)F)c1)c1cccc(NS(=O)(=O)c2ccc3c(c2)OCCO3)c1. The van der Waals surface area contributed by atoms with Crippen LogP contribution in [0.25, 0.3) is 0 Å². The van der Waals surface area contributed by atoms with Crippen molar-refractivity contribution >= 4 is 27.3 Å². The highest BCUT2D eigenvalue weighted by molar-refractivity contribution is 7.92. The van der Waals surface area contributed by atoms with Crippen LogP contribution in [0.3, 0.4) is 0 Å². The number of hydrazine groups is 1. The second kappa shape index (κ2) is 9.14. The zero-order valence-electron chi connectivity index (χ0n) is 17.3. The molecule has 1 heterocycles. The molecule has 0 aliphatic carbocycles. The number of benzene rings is 3. The quantitative estimate of drug-likeness (QED) is 0.448. The first kappa shape index (κ1) is 23.2. The highest BCUT2D eigenvalue weighted by atomic mass is 32.2. The summed E-state index contributed by atoms with van der Waals surface area (Å²) in [6.45, 7) is 0.671. The number of rotatable bonds is 6. The molecular formula is C22H18F3N3O5S. The van der Waals surface area contributed by atoms with Crippen LogP contribution in [0.5, 0.6) is 11.5 Å². The number of anilines is 2. The van der Waals surface area contributed by atoms with Crippen molar-refractivity contribution in [2.24, 2.45) is 0 Å². The summed E-state index contributed by atoms with van der Waals surface area (Å²) in [6, 6.07) is 14.1. The highest BCUT2D eigenvalue weighted by Crippen LogP contribution is 2.33. The number of hydrogen-bond donors (Lipinski definition) is 3. The number of alkyl halides is 3. The average Bonchev–Trinajstić information content (AvgIpc) is 2.82. The van der Waals surface area contributed by atoms with Gasteiger partial charge in [-0.3, -0.25) is 20.4 Å². The molecule has 0 bridgehead atoms. The van der Waals surface area contributed by atoms with Crippen LogP contribution in [0.2, 0.25) is 0 Å². The molecule has 0 aromatic heterocycles. The van der Waals surface area contributed by atoms with E-state index in [1.54, 1.807) is 0 Å². The van der Waals surface area contributed by atoms with Crippen molar-refractivity contribution in [3.63, 3.8) is 0 Å². The number of sulfonamides is 1. The normalized spacial score (nSPS) is 13.1. The van der Waals surface area contributed by atoms with E-state index in [4.69, 9.17) is 9.47 Å². The van der Waals surface area contributed by atoms with Gasteiger partial charge in [0.25, 0.3) is 15.9 Å². The number of nitrogens with one attached hydrogen (secondary N) is 3. The number of amides is 1. The standard InChI is InChI=1S/C22H18F3N3O5S/c23-22(24,25)15-4-2-5-16(12-15)26-27-21(29)14-3-1-6-17(11-14)28-34(30,31)18-7-8-19-20(13-18)33-10-9-32-19/h1-8,11-13,26,28H,9-10H2,(H,27,29). The molecule has 4 rings (SSSR count). The third kappa shape index (κ3) is 5.34. The van der Waals surface area contributed by atoms with E-state index >= 15 is 0 Å². The zero-order valence-corrected chi connectivity index (χ0v) is 18.2. The maximum Gasteiger partial charge on any atom is 0.416 e. The molecule has 3 aromatic rings. The predicted octanol–water partition coefficient (Wildman–Crippen LogP) is 4.03. The number of carbonyl (C=O) groups excluding carboxylic acids is 1. The van der Waals surface area contributed by atoms with E-state index in [0.717, 1.165) is 12.1 Å². The fourth-order valence-electron chi connectivity index (χ4n) is 3.10. The summed E-state index contributed by atoms with van der Waals surface area (Å²) in [5.74, 6) is 0.0675. The van der Waals surface area contributed by atoms with Crippen molar-refractivity contribution in [3.05, 3.63) is 77.9 Å². The molecule has 34 heavy (non-hydrogen) atoms. The van der Waals surface area contributed by atoms with Gasteiger partial charge in [0.15, 0.2) is 11.5 Å². The van der Waals surface area contributed by atoms with E-state index in [1.807, 2.05) is 0 Å². The summed E-state index contributed by atoms with van der Waals surface area (Å²) < 4.78 is 77.2. The molecule has 0 saturated heterocycles. The molecule has 1 amide bonds. The van der Waals surface area contributed by atoms with Gasteiger partial charge in [0, 0.05) is 17.3 Å². The van der Waals surface area contributed by atoms with E-state index < -0.39 is 27.7 Å². The van der Waals surface area contributed by atoms with Crippen molar-refractivity contribution in [1.29, 1.82) is 0 Å². The van der Waals surface area contributed by atoms with Gasteiger partial charge in [0.05, 0.1) is 16.1 Å². The lowest BCUT2D eigenvalue weighted by Gasteiger charge is -2.19. The minimum Gasteiger partial charge on any atom is -0.486 e. The summed E-state index contributed by atoms with van der Waals surface area (Å²) in [7, 11) is -4.00. The molecule has 3 N–H and O–H groups in total. The van der Waals surface area contributed by atoms with Crippen molar-refractivity contribution < 1.29 is 35.9 Å². The van der Waals surface area contributed by atoms with Gasteiger partial charge in [-0.05, 0) is 48.5 Å². The number of carbonyl (C=O) groups is 1. The fourth-order valence-corrected chi connectivity index (χ4v) is 4.17. The summed E-state index contributed by atoms with van der Waals surface area (Å²) in [5, 5.41) is 0. The van der Waals surface area contributed by atoms with Gasteiger partial charge in [-0.25, -0.2) is 8.42 Å². The maximum atomic E-state index is 12.8. The zero-order chi connectivity index (χ0) is 24.3. The molecule has 0 fully saturated rings. The lowest BCUT2D eigenvalue weighted by molar-refractivity contribution is -0.137. The van der Waals surface area contributed by atoms with E-state index in [-0.39, 0.29) is 21.8 Å². The summed E-state index contributed by atoms with van der Waals surface area (Å²) in [4.78, 5) is 12.4. The van der Waals surface area contributed by atoms with Gasteiger partial charge in [0.2, 0.25) is 0 Å². The molecule has 12 heteroatoms. The molecular weight excluding hydrogens is 475 g/mol. The maximum absolute atomic E-state index is 12.8. The lowest BCUT2D eigenvalue weighted by atomic mass is 10.2. The van der Waals surface area contributed by atoms with Gasteiger partial charge < -0.3 is 9.47 Å². The fraction of sp³-hybridized carbons (Fsp3) is 0.136.